The Balaban J connectivity index is 2.01. The first-order chi connectivity index (χ1) is 6.36. The lowest BCUT2D eigenvalue weighted by molar-refractivity contribution is 0.273. The van der Waals surface area contributed by atoms with Crippen molar-refractivity contribution in [3.05, 3.63) is 23.9 Å². The summed E-state index contributed by atoms with van der Waals surface area (Å²) >= 11 is 0. The van der Waals surface area contributed by atoms with Crippen molar-refractivity contribution in [3.63, 3.8) is 0 Å². The first-order valence-electron chi connectivity index (χ1n) is 5.49. The van der Waals surface area contributed by atoms with Crippen LogP contribution in [0.3, 0.4) is 0 Å². The van der Waals surface area contributed by atoms with Gasteiger partial charge in [0.05, 0.1) is 0 Å². The van der Waals surface area contributed by atoms with Crippen LogP contribution in [0, 0.1) is 0 Å². The molecule has 0 bridgehead atoms. The van der Waals surface area contributed by atoms with Crippen LogP contribution in [0.15, 0.2) is 23.9 Å². The highest BCUT2D eigenvalue weighted by atomic mass is 15.1. The molecule has 0 N–H and O–H groups in total. The van der Waals surface area contributed by atoms with E-state index in [4.69, 9.17) is 0 Å². The lowest BCUT2D eigenvalue weighted by atomic mass is 9.98. The molecule has 0 aromatic heterocycles. The van der Waals surface area contributed by atoms with Crippen molar-refractivity contribution in [2.24, 2.45) is 0 Å². The minimum atomic E-state index is 1.21. The van der Waals surface area contributed by atoms with E-state index in [1.807, 2.05) is 0 Å². The summed E-state index contributed by atoms with van der Waals surface area (Å²) in [6.45, 7) is 6.61. The van der Waals surface area contributed by atoms with Crippen LogP contribution >= 0.6 is 0 Å². The smallest absolute Gasteiger partial charge is 0.0175 e. The molecule has 1 fully saturated rings. The highest BCUT2D eigenvalue weighted by molar-refractivity contribution is 5.23. The summed E-state index contributed by atoms with van der Waals surface area (Å²) < 4.78 is 0. The number of piperidine rings is 1. The minimum absolute atomic E-state index is 1.21. The van der Waals surface area contributed by atoms with E-state index in [0.717, 1.165) is 0 Å². The van der Waals surface area contributed by atoms with Crippen LogP contribution in [-0.4, -0.2) is 18.0 Å². The molecule has 72 valence electrons. The normalized spacial score (nSPS) is 24.5. The van der Waals surface area contributed by atoms with Gasteiger partial charge in [-0.2, -0.15) is 0 Å². The number of hydrogen-bond acceptors (Lipinski definition) is 1. The molecule has 0 unspecified atom stereocenters. The highest BCUT2D eigenvalue weighted by Gasteiger charge is 2.15. The van der Waals surface area contributed by atoms with Crippen LogP contribution in [0.5, 0.6) is 0 Å². The number of likely N-dealkylation sites (tertiary alicyclic amines) is 1. The molecule has 1 aliphatic heterocycles. The quantitative estimate of drug-likeness (QED) is 0.595. The fourth-order valence-electron chi connectivity index (χ4n) is 2.31. The SMILES string of the molecule is C=C1C=C(N2CCCCC2)CCC1. The summed E-state index contributed by atoms with van der Waals surface area (Å²) in [5, 5.41) is 0. The molecular weight excluding hydrogens is 158 g/mol. The van der Waals surface area contributed by atoms with Gasteiger partial charge < -0.3 is 4.90 Å². The monoisotopic (exact) mass is 177 g/mol. The molecular formula is C12H19N. The molecule has 0 spiro atoms. The number of allylic oxidation sites excluding steroid dienone is 3. The molecule has 2 aliphatic rings. The Bertz CT molecular complexity index is 221. The molecule has 13 heavy (non-hydrogen) atoms. The Morgan fingerprint density at radius 3 is 2.46 bits per heavy atom. The van der Waals surface area contributed by atoms with E-state index in [1.165, 1.54) is 57.2 Å². The Kier molecular flexibility index (Phi) is 2.72. The third kappa shape index (κ3) is 2.15. The second-order valence-corrected chi connectivity index (χ2v) is 4.20. The summed E-state index contributed by atoms with van der Waals surface area (Å²) in [5.74, 6) is 0. The van der Waals surface area contributed by atoms with Crippen molar-refractivity contribution < 1.29 is 0 Å². The van der Waals surface area contributed by atoms with Crippen molar-refractivity contribution in [3.8, 4) is 0 Å². The van der Waals surface area contributed by atoms with Gasteiger partial charge in [0.1, 0.15) is 0 Å². The van der Waals surface area contributed by atoms with Gasteiger partial charge in [-0.25, -0.2) is 0 Å². The van der Waals surface area contributed by atoms with E-state index in [0.29, 0.717) is 0 Å². The summed E-state index contributed by atoms with van der Waals surface area (Å²) in [6.07, 6.45) is 10.3. The maximum Gasteiger partial charge on any atom is 0.0175 e. The Morgan fingerprint density at radius 1 is 1.00 bits per heavy atom. The molecule has 0 aromatic rings. The van der Waals surface area contributed by atoms with Gasteiger partial charge in [0.25, 0.3) is 0 Å². The summed E-state index contributed by atoms with van der Waals surface area (Å²) in [6, 6.07) is 0. The number of hydrogen-bond donors (Lipinski definition) is 0. The molecule has 0 amide bonds. The standard InChI is InChI=1S/C12H19N/c1-11-6-5-7-12(10-11)13-8-3-2-4-9-13/h10H,1-9H2. The highest BCUT2D eigenvalue weighted by Crippen LogP contribution is 2.25. The van der Waals surface area contributed by atoms with Gasteiger partial charge in [-0.15, -0.1) is 0 Å². The molecule has 0 aromatic carbocycles. The van der Waals surface area contributed by atoms with Crippen molar-refractivity contribution >= 4 is 0 Å². The molecule has 1 heteroatoms. The van der Waals surface area contributed by atoms with Crippen LogP contribution in [0.4, 0.5) is 0 Å². The molecule has 1 saturated heterocycles. The van der Waals surface area contributed by atoms with E-state index in [2.05, 4.69) is 17.6 Å². The fraction of sp³-hybridized carbons (Fsp3) is 0.667. The lowest BCUT2D eigenvalue weighted by Crippen LogP contribution is -2.29. The Hall–Kier alpha value is -0.720. The van der Waals surface area contributed by atoms with Crippen molar-refractivity contribution in [1.82, 2.24) is 4.90 Å². The largest absolute Gasteiger partial charge is 0.375 e. The van der Waals surface area contributed by atoms with Crippen LogP contribution in [-0.2, 0) is 0 Å². The van der Waals surface area contributed by atoms with Gasteiger partial charge in [-0.3, -0.25) is 0 Å². The first kappa shape index (κ1) is 8.86. The molecule has 0 radical (unpaired) electrons. The predicted octanol–water partition coefficient (Wildman–Crippen LogP) is 3.10. The molecule has 1 aliphatic carbocycles. The lowest BCUT2D eigenvalue weighted by Gasteiger charge is -2.33. The van der Waals surface area contributed by atoms with Gasteiger partial charge >= 0.3 is 0 Å². The van der Waals surface area contributed by atoms with Crippen molar-refractivity contribution in [1.29, 1.82) is 0 Å². The van der Waals surface area contributed by atoms with Crippen LogP contribution < -0.4 is 0 Å². The maximum absolute atomic E-state index is 4.06. The first-order valence-corrected chi connectivity index (χ1v) is 5.49. The average Bonchev–Trinajstić information content (AvgIpc) is 2.19. The van der Waals surface area contributed by atoms with Gasteiger partial charge in [-0.05, 0) is 44.6 Å². The van der Waals surface area contributed by atoms with Gasteiger partial charge in [0.2, 0.25) is 0 Å². The second kappa shape index (κ2) is 3.99. The van der Waals surface area contributed by atoms with Crippen molar-refractivity contribution in [2.45, 2.75) is 38.5 Å². The Morgan fingerprint density at radius 2 is 1.77 bits per heavy atom. The predicted molar refractivity (Wildman–Crippen MR) is 56.5 cm³/mol. The van der Waals surface area contributed by atoms with E-state index < -0.39 is 0 Å². The number of nitrogens with zero attached hydrogens (tertiary/aromatic N) is 1. The third-order valence-electron chi connectivity index (χ3n) is 3.06. The molecule has 0 saturated carbocycles. The second-order valence-electron chi connectivity index (χ2n) is 4.20. The topological polar surface area (TPSA) is 3.24 Å². The average molecular weight is 177 g/mol. The van der Waals surface area contributed by atoms with Crippen LogP contribution in [0.2, 0.25) is 0 Å². The summed E-state index contributed by atoms with van der Waals surface area (Å²) in [5.41, 5.74) is 2.88. The van der Waals surface area contributed by atoms with Crippen LogP contribution in [0.1, 0.15) is 38.5 Å². The molecule has 2 rings (SSSR count). The van der Waals surface area contributed by atoms with Gasteiger partial charge in [0, 0.05) is 18.8 Å². The summed E-state index contributed by atoms with van der Waals surface area (Å²) in [7, 11) is 0. The van der Waals surface area contributed by atoms with E-state index in [9.17, 15) is 0 Å². The van der Waals surface area contributed by atoms with Gasteiger partial charge in [0.15, 0.2) is 0 Å². The maximum atomic E-state index is 4.06. The molecule has 0 atom stereocenters. The van der Waals surface area contributed by atoms with E-state index in [1.54, 1.807) is 5.70 Å². The van der Waals surface area contributed by atoms with E-state index in [-0.39, 0.29) is 0 Å². The zero-order valence-corrected chi connectivity index (χ0v) is 8.39. The zero-order chi connectivity index (χ0) is 9.10. The number of rotatable bonds is 1. The molecule has 1 nitrogen and oxygen atoms in total. The molecule has 1 heterocycles. The van der Waals surface area contributed by atoms with E-state index >= 15 is 0 Å². The Labute approximate surface area is 81.1 Å². The minimum Gasteiger partial charge on any atom is -0.375 e. The summed E-state index contributed by atoms with van der Waals surface area (Å²) in [4.78, 5) is 2.56. The van der Waals surface area contributed by atoms with Crippen molar-refractivity contribution in [2.75, 3.05) is 13.1 Å². The fourth-order valence-corrected chi connectivity index (χ4v) is 2.31. The van der Waals surface area contributed by atoms with Gasteiger partial charge in [-0.1, -0.05) is 12.2 Å². The zero-order valence-electron chi connectivity index (χ0n) is 8.39. The third-order valence-corrected chi connectivity index (χ3v) is 3.06. The van der Waals surface area contributed by atoms with Crippen LogP contribution in [0.25, 0.3) is 0 Å².